The van der Waals surface area contributed by atoms with Crippen LogP contribution in [-0.2, 0) is 4.79 Å². The fraction of sp³-hybridized carbons (Fsp3) is 0.364. The van der Waals surface area contributed by atoms with Gasteiger partial charge in [-0.2, -0.15) is 0 Å². The standard InChI is InChI=1S/C11H15FN2O2/c1-8-2-3-9(12)10(6-8)16-7-11(15)14-5-4-13/h2-3,6H,4-5,7,13H2,1H3,(H,14,15). The lowest BCUT2D eigenvalue weighted by atomic mass is 10.2. The number of amides is 1. The summed E-state index contributed by atoms with van der Waals surface area (Å²) in [6.07, 6.45) is 0. The van der Waals surface area contributed by atoms with Crippen LogP contribution in [-0.4, -0.2) is 25.6 Å². The van der Waals surface area contributed by atoms with Crippen molar-refractivity contribution in [3.05, 3.63) is 29.6 Å². The Morgan fingerprint density at radius 2 is 2.31 bits per heavy atom. The lowest BCUT2D eigenvalue weighted by Gasteiger charge is -2.08. The van der Waals surface area contributed by atoms with Gasteiger partial charge in [0.05, 0.1) is 0 Å². The third kappa shape index (κ3) is 3.86. The molecule has 0 saturated carbocycles. The Morgan fingerprint density at radius 3 is 3.00 bits per heavy atom. The Labute approximate surface area is 93.6 Å². The molecule has 5 heteroatoms. The van der Waals surface area contributed by atoms with Gasteiger partial charge in [-0.3, -0.25) is 4.79 Å². The first-order valence-electron chi connectivity index (χ1n) is 4.99. The summed E-state index contributed by atoms with van der Waals surface area (Å²) in [4.78, 5) is 11.2. The average Bonchev–Trinajstić information content (AvgIpc) is 2.27. The van der Waals surface area contributed by atoms with E-state index in [9.17, 15) is 9.18 Å². The zero-order chi connectivity index (χ0) is 12.0. The average molecular weight is 226 g/mol. The van der Waals surface area contributed by atoms with Crippen LogP contribution in [0.2, 0.25) is 0 Å². The minimum Gasteiger partial charge on any atom is -0.481 e. The number of hydrogen-bond acceptors (Lipinski definition) is 3. The molecule has 0 atom stereocenters. The molecule has 0 spiro atoms. The summed E-state index contributed by atoms with van der Waals surface area (Å²) in [6, 6.07) is 4.49. The van der Waals surface area contributed by atoms with Crippen molar-refractivity contribution in [2.75, 3.05) is 19.7 Å². The van der Waals surface area contributed by atoms with Crippen molar-refractivity contribution < 1.29 is 13.9 Å². The Hall–Kier alpha value is -1.62. The van der Waals surface area contributed by atoms with E-state index in [1.165, 1.54) is 6.07 Å². The number of aryl methyl sites for hydroxylation is 1. The number of rotatable bonds is 5. The molecule has 1 aromatic rings. The van der Waals surface area contributed by atoms with Crippen molar-refractivity contribution in [3.63, 3.8) is 0 Å². The van der Waals surface area contributed by atoms with Gasteiger partial charge < -0.3 is 15.8 Å². The number of carbonyl (C=O) groups is 1. The highest BCUT2D eigenvalue weighted by Gasteiger charge is 2.06. The Balaban J connectivity index is 2.47. The molecule has 0 heterocycles. The van der Waals surface area contributed by atoms with Crippen molar-refractivity contribution in [3.8, 4) is 5.75 Å². The third-order valence-corrected chi connectivity index (χ3v) is 1.91. The minimum absolute atomic E-state index is 0.0860. The van der Waals surface area contributed by atoms with Crippen LogP contribution in [0.15, 0.2) is 18.2 Å². The van der Waals surface area contributed by atoms with Gasteiger partial charge in [0.15, 0.2) is 18.2 Å². The summed E-state index contributed by atoms with van der Waals surface area (Å²) < 4.78 is 18.2. The van der Waals surface area contributed by atoms with Crippen molar-refractivity contribution in [2.24, 2.45) is 5.73 Å². The highest BCUT2D eigenvalue weighted by atomic mass is 19.1. The summed E-state index contributed by atoms with van der Waals surface area (Å²) in [5, 5.41) is 2.53. The first-order valence-corrected chi connectivity index (χ1v) is 4.99. The maximum absolute atomic E-state index is 13.2. The summed E-state index contributed by atoms with van der Waals surface area (Å²) in [7, 11) is 0. The molecule has 0 aromatic heterocycles. The molecular formula is C11H15FN2O2. The van der Waals surface area contributed by atoms with E-state index in [4.69, 9.17) is 10.5 Å². The molecule has 16 heavy (non-hydrogen) atoms. The molecule has 1 rings (SSSR count). The zero-order valence-electron chi connectivity index (χ0n) is 9.13. The predicted molar refractivity (Wildman–Crippen MR) is 58.7 cm³/mol. The maximum atomic E-state index is 13.2. The van der Waals surface area contributed by atoms with Crippen molar-refractivity contribution in [1.82, 2.24) is 5.32 Å². The monoisotopic (exact) mass is 226 g/mol. The molecule has 0 fully saturated rings. The highest BCUT2D eigenvalue weighted by Crippen LogP contribution is 2.17. The summed E-state index contributed by atoms with van der Waals surface area (Å²) >= 11 is 0. The van der Waals surface area contributed by atoms with E-state index < -0.39 is 5.82 Å². The van der Waals surface area contributed by atoms with Crippen LogP contribution in [0.3, 0.4) is 0 Å². The zero-order valence-corrected chi connectivity index (χ0v) is 9.13. The van der Waals surface area contributed by atoms with Crippen LogP contribution < -0.4 is 15.8 Å². The molecule has 4 nitrogen and oxygen atoms in total. The molecule has 3 N–H and O–H groups in total. The van der Waals surface area contributed by atoms with Gasteiger partial charge in [0.25, 0.3) is 5.91 Å². The molecule has 0 radical (unpaired) electrons. The lowest BCUT2D eigenvalue weighted by molar-refractivity contribution is -0.123. The fourth-order valence-electron chi connectivity index (χ4n) is 1.13. The SMILES string of the molecule is Cc1ccc(F)c(OCC(=O)NCCN)c1. The minimum atomic E-state index is -0.475. The number of nitrogens with two attached hydrogens (primary N) is 1. The van der Waals surface area contributed by atoms with Crippen LogP contribution in [0.4, 0.5) is 4.39 Å². The van der Waals surface area contributed by atoms with E-state index in [1.54, 1.807) is 12.1 Å². The topological polar surface area (TPSA) is 64.3 Å². The van der Waals surface area contributed by atoms with Gasteiger partial charge in [-0.25, -0.2) is 4.39 Å². The highest BCUT2D eigenvalue weighted by molar-refractivity contribution is 5.77. The molecule has 0 aliphatic heterocycles. The van der Waals surface area contributed by atoms with E-state index in [2.05, 4.69) is 5.32 Å². The van der Waals surface area contributed by atoms with Crippen molar-refractivity contribution in [1.29, 1.82) is 0 Å². The van der Waals surface area contributed by atoms with Gasteiger partial charge in [-0.05, 0) is 24.6 Å². The van der Waals surface area contributed by atoms with Gasteiger partial charge >= 0.3 is 0 Å². The molecule has 0 aliphatic carbocycles. The fourth-order valence-corrected chi connectivity index (χ4v) is 1.13. The summed E-state index contributed by atoms with van der Waals surface area (Å²) in [5.41, 5.74) is 6.09. The maximum Gasteiger partial charge on any atom is 0.257 e. The van der Waals surface area contributed by atoms with Crippen LogP contribution in [0.5, 0.6) is 5.75 Å². The molecule has 1 aromatic carbocycles. The molecule has 88 valence electrons. The van der Waals surface area contributed by atoms with Gasteiger partial charge in [0.2, 0.25) is 0 Å². The number of halogens is 1. The largest absolute Gasteiger partial charge is 0.481 e. The van der Waals surface area contributed by atoms with Crippen LogP contribution in [0.1, 0.15) is 5.56 Å². The van der Waals surface area contributed by atoms with E-state index >= 15 is 0 Å². The molecule has 0 bridgehead atoms. The predicted octanol–water partition coefficient (Wildman–Crippen LogP) is 0.588. The quantitative estimate of drug-likeness (QED) is 0.772. The van der Waals surface area contributed by atoms with Gasteiger partial charge in [-0.1, -0.05) is 6.07 Å². The molecular weight excluding hydrogens is 211 g/mol. The second-order valence-corrected chi connectivity index (χ2v) is 3.36. The Bertz CT molecular complexity index is 369. The Morgan fingerprint density at radius 1 is 1.56 bits per heavy atom. The van der Waals surface area contributed by atoms with Crippen molar-refractivity contribution in [2.45, 2.75) is 6.92 Å². The smallest absolute Gasteiger partial charge is 0.257 e. The van der Waals surface area contributed by atoms with Crippen LogP contribution in [0.25, 0.3) is 0 Å². The number of carbonyl (C=O) groups excluding carboxylic acids is 1. The summed E-state index contributed by atoms with van der Waals surface area (Å²) in [5.74, 6) is -0.702. The number of hydrogen-bond donors (Lipinski definition) is 2. The van der Waals surface area contributed by atoms with E-state index in [-0.39, 0.29) is 18.3 Å². The number of ether oxygens (including phenoxy) is 1. The Kier molecular flexibility index (Phi) is 4.72. The molecule has 0 aliphatic rings. The molecule has 1 amide bonds. The second-order valence-electron chi connectivity index (χ2n) is 3.36. The first-order chi connectivity index (χ1) is 7.63. The van der Waals surface area contributed by atoms with Gasteiger partial charge in [0, 0.05) is 13.1 Å². The van der Waals surface area contributed by atoms with Crippen LogP contribution >= 0.6 is 0 Å². The molecule has 0 unspecified atom stereocenters. The molecule has 0 saturated heterocycles. The second kappa shape index (κ2) is 6.07. The normalized spacial score (nSPS) is 9.94. The third-order valence-electron chi connectivity index (χ3n) is 1.91. The number of benzene rings is 1. The number of nitrogens with one attached hydrogen (secondary N) is 1. The van der Waals surface area contributed by atoms with E-state index in [1.807, 2.05) is 6.92 Å². The van der Waals surface area contributed by atoms with Gasteiger partial charge in [0.1, 0.15) is 0 Å². The first kappa shape index (κ1) is 12.4. The summed E-state index contributed by atoms with van der Waals surface area (Å²) in [6.45, 7) is 2.37. The van der Waals surface area contributed by atoms with E-state index in [0.717, 1.165) is 5.56 Å². The van der Waals surface area contributed by atoms with Crippen LogP contribution in [0, 0.1) is 12.7 Å². The van der Waals surface area contributed by atoms with Gasteiger partial charge in [-0.15, -0.1) is 0 Å². The lowest BCUT2D eigenvalue weighted by Crippen LogP contribution is -2.33. The van der Waals surface area contributed by atoms with Crippen molar-refractivity contribution >= 4 is 5.91 Å². The van der Waals surface area contributed by atoms with E-state index in [0.29, 0.717) is 13.1 Å².